The number of aromatic nitrogens is 2. The summed E-state index contributed by atoms with van der Waals surface area (Å²) < 4.78 is 2.97. The monoisotopic (exact) mass is 298 g/mol. The van der Waals surface area contributed by atoms with Crippen LogP contribution in [0.1, 0.15) is 22.4 Å². The third kappa shape index (κ3) is 2.41. The minimum absolute atomic E-state index is 0.122. The Morgan fingerprint density at radius 2 is 2.38 bits per heavy atom. The topological polar surface area (TPSA) is 34.9 Å². The van der Waals surface area contributed by atoms with Crippen molar-refractivity contribution in [3.8, 4) is 0 Å². The lowest BCUT2D eigenvalue weighted by Gasteiger charge is -2.02. The quantitative estimate of drug-likeness (QED) is 0.813. The maximum Gasteiger partial charge on any atom is 0.180 e. The van der Waals surface area contributed by atoms with Crippen LogP contribution in [0.5, 0.6) is 0 Å². The molecule has 16 heavy (non-hydrogen) atoms. The lowest BCUT2D eigenvalue weighted by molar-refractivity contribution is 0.0993. The van der Waals surface area contributed by atoms with Crippen molar-refractivity contribution in [2.45, 2.75) is 19.9 Å². The molecule has 0 spiro atoms. The Bertz CT molecular complexity index is 504. The standard InChI is InChI=1S/C11H11BrN2OS/c1-2-14-6-5-13-11(14)7-8(15)9-3-4-10(12)16-9/h3-6H,2,7H2,1H3. The minimum atomic E-state index is 0.122. The second kappa shape index (κ2) is 4.93. The predicted molar refractivity (Wildman–Crippen MR) is 68.0 cm³/mol. The fraction of sp³-hybridized carbons (Fsp3) is 0.273. The lowest BCUT2D eigenvalue weighted by Crippen LogP contribution is -2.08. The van der Waals surface area contributed by atoms with Crippen molar-refractivity contribution < 1.29 is 4.79 Å². The second-order valence-electron chi connectivity index (χ2n) is 3.33. The van der Waals surface area contributed by atoms with Crippen LogP contribution in [0, 0.1) is 0 Å². The Labute approximate surface area is 106 Å². The van der Waals surface area contributed by atoms with Gasteiger partial charge in [-0.05, 0) is 35.0 Å². The highest BCUT2D eigenvalue weighted by Gasteiger charge is 2.12. The molecule has 0 aromatic carbocycles. The zero-order valence-electron chi connectivity index (χ0n) is 8.81. The number of carbonyl (C=O) groups excluding carboxylic acids is 1. The van der Waals surface area contributed by atoms with Crippen LogP contribution < -0.4 is 0 Å². The molecule has 0 radical (unpaired) electrons. The summed E-state index contributed by atoms with van der Waals surface area (Å²) in [6, 6.07) is 3.74. The zero-order valence-corrected chi connectivity index (χ0v) is 11.2. The van der Waals surface area contributed by atoms with Gasteiger partial charge in [0.05, 0.1) is 15.1 Å². The molecule has 0 amide bonds. The van der Waals surface area contributed by atoms with Gasteiger partial charge in [0, 0.05) is 18.9 Å². The summed E-state index contributed by atoms with van der Waals surface area (Å²) in [6.45, 7) is 2.88. The number of hydrogen-bond acceptors (Lipinski definition) is 3. The third-order valence-electron chi connectivity index (χ3n) is 2.31. The van der Waals surface area contributed by atoms with Crippen LogP contribution in [-0.2, 0) is 13.0 Å². The van der Waals surface area contributed by atoms with Gasteiger partial charge in [-0.15, -0.1) is 11.3 Å². The first-order valence-corrected chi connectivity index (χ1v) is 6.60. The molecule has 0 aliphatic rings. The Balaban J connectivity index is 2.13. The van der Waals surface area contributed by atoms with E-state index in [-0.39, 0.29) is 5.78 Å². The number of carbonyl (C=O) groups is 1. The number of rotatable bonds is 4. The first-order chi connectivity index (χ1) is 7.70. The first-order valence-electron chi connectivity index (χ1n) is 4.99. The fourth-order valence-corrected chi connectivity index (χ4v) is 2.81. The first kappa shape index (κ1) is 11.5. The van der Waals surface area contributed by atoms with E-state index in [1.54, 1.807) is 6.20 Å². The number of thiophene rings is 1. The maximum absolute atomic E-state index is 11.9. The van der Waals surface area contributed by atoms with Crippen molar-refractivity contribution in [2.24, 2.45) is 0 Å². The molecule has 3 nitrogen and oxygen atoms in total. The van der Waals surface area contributed by atoms with E-state index in [1.807, 2.05) is 29.8 Å². The Morgan fingerprint density at radius 3 is 3.00 bits per heavy atom. The summed E-state index contributed by atoms with van der Waals surface area (Å²) in [7, 11) is 0. The largest absolute Gasteiger partial charge is 0.335 e. The number of aryl methyl sites for hydroxylation is 1. The van der Waals surface area contributed by atoms with Crippen LogP contribution in [0.15, 0.2) is 28.3 Å². The highest BCUT2D eigenvalue weighted by molar-refractivity contribution is 9.11. The SMILES string of the molecule is CCn1ccnc1CC(=O)c1ccc(Br)s1. The van der Waals surface area contributed by atoms with Crippen molar-refractivity contribution in [3.05, 3.63) is 39.0 Å². The molecule has 0 saturated heterocycles. The van der Waals surface area contributed by atoms with Crippen LogP contribution >= 0.6 is 27.3 Å². The van der Waals surface area contributed by atoms with E-state index in [1.165, 1.54) is 11.3 Å². The van der Waals surface area contributed by atoms with Gasteiger partial charge < -0.3 is 4.57 Å². The second-order valence-corrected chi connectivity index (χ2v) is 5.80. The minimum Gasteiger partial charge on any atom is -0.335 e. The molecule has 5 heteroatoms. The molecule has 0 N–H and O–H groups in total. The summed E-state index contributed by atoms with van der Waals surface area (Å²) in [5.74, 6) is 0.952. The fourth-order valence-electron chi connectivity index (χ4n) is 1.49. The Kier molecular flexibility index (Phi) is 3.56. The van der Waals surface area contributed by atoms with Crippen molar-refractivity contribution in [1.29, 1.82) is 0 Å². The molecule has 2 heterocycles. The van der Waals surface area contributed by atoms with Crippen LogP contribution in [0.25, 0.3) is 0 Å². The molecule has 2 rings (SSSR count). The average molecular weight is 299 g/mol. The van der Waals surface area contributed by atoms with E-state index in [9.17, 15) is 4.79 Å². The van der Waals surface area contributed by atoms with Gasteiger partial charge in [-0.3, -0.25) is 4.79 Å². The summed E-state index contributed by atoms with van der Waals surface area (Å²) in [5, 5.41) is 0. The zero-order chi connectivity index (χ0) is 11.5. The summed E-state index contributed by atoms with van der Waals surface area (Å²) >= 11 is 4.81. The number of nitrogens with zero attached hydrogens (tertiary/aromatic N) is 2. The summed E-state index contributed by atoms with van der Waals surface area (Å²) in [5.41, 5.74) is 0. The van der Waals surface area contributed by atoms with Gasteiger partial charge in [0.2, 0.25) is 0 Å². The Hall–Kier alpha value is -0.940. The molecule has 2 aromatic heterocycles. The Morgan fingerprint density at radius 1 is 1.56 bits per heavy atom. The van der Waals surface area contributed by atoms with Gasteiger partial charge in [0.25, 0.3) is 0 Å². The van der Waals surface area contributed by atoms with Gasteiger partial charge >= 0.3 is 0 Å². The van der Waals surface area contributed by atoms with Gasteiger partial charge in [-0.25, -0.2) is 4.98 Å². The van der Waals surface area contributed by atoms with E-state index >= 15 is 0 Å². The normalized spacial score (nSPS) is 10.6. The van der Waals surface area contributed by atoms with Gasteiger partial charge in [-0.1, -0.05) is 0 Å². The van der Waals surface area contributed by atoms with E-state index < -0.39 is 0 Å². The third-order valence-corrected chi connectivity index (χ3v) is 3.97. The van der Waals surface area contributed by atoms with Crippen molar-refractivity contribution in [3.63, 3.8) is 0 Å². The van der Waals surface area contributed by atoms with Crippen molar-refractivity contribution in [1.82, 2.24) is 9.55 Å². The number of hydrogen-bond donors (Lipinski definition) is 0. The molecule has 0 atom stereocenters. The van der Waals surface area contributed by atoms with Crippen molar-refractivity contribution >= 4 is 33.0 Å². The predicted octanol–water partition coefficient (Wildman–Crippen LogP) is 3.15. The molecule has 0 fully saturated rings. The van der Waals surface area contributed by atoms with Gasteiger partial charge in [0.1, 0.15) is 5.82 Å². The highest BCUT2D eigenvalue weighted by Crippen LogP contribution is 2.23. The van der Waals surface area contributed by atoms with Crippen molar-refractivity contribution in [2.75, 3.05) is 0 Å². The number of imidazole rings is 1. The van der Waals surface area contributed by atoms with Gasteiger partial charge in [-0.2, -0.15) is 0 Å². The molecule has 0 bridgehead atoms. The summed E-state index contributed by atoms with van der Waals surface area (Å²) in [4.78, 5) is 16.9. The van der Waals surface area contributed by atoms with E-state index in [0.29, 0.717) is 6.42 Å². The van der Waals surface area contributed by atoms with Crippen LogP contribution in [-0.4, -0.2) is 15.3 Å². The van der Waals surface area contributed by atoms with Crippen LogP contribution in [0.3, 0.4) is 0 Å². The van der Waals surface area contributed by atoms with Crippen LogP contribution in [0.2, 0.25) is 0 Å². The molecule has 0 aliphatic heterocycles. The van der Waals surface area contributed by atoms with E-state index in [2.05, 4.69) is 20.9 Å². The molecule has 84 valence electrons. The van der Waals surface area contributed by atoms with E-state index in [4.69, 9.17) is 0 Å². The molecular formula is C11H11BrN2OS. The number of halogens is 1. The lowest BCUT2D eigenvalue weighted by atomic mass is 10.2. The molecule has 2 aromatic rings. The molecule has 0 unspecified atom stereocenters. The highest BCUT2D eigenvalue weighted by atomic mass is 79.9. The molecular weight excluding hydrogens is 288 g/mol. The maximum atomic E-state index is 11.9. The number of ketones is 1. The number of Topliss-reactive ketones (excluding diaryl/α,β-unsaturated/α-hetero) is 1. The van der Waals surface area contributed by atoms with E-state index in [0.717, 1.165) is 21.0 Å². The smallest absolute Gasteiger partial charge is 0.180 e. The molecule has 0 aliphatic carbocycles. The molecule has 0 saturated carbocycles. The van der Waals surface area contributed by atoms with Gasteiger partial charge in [0.15, 0.2) is 5.78 Å². The summed E-state index contributed by atoms with van der Waals surface area (Å²) in [6.07, 6.45) is 4.00. The van der Waals surface area contributed by atoms with Crippen LogP contribution in [0.4, 0.5) is 0 Å². The average Bonchev–Trinajstić information content (AvgIpc) is 2.86.